The van der Waals surface area contributed by atoms with Crippen molar-refractivity contribution in [2.75, 3.05) is 26.0 Å². The van der Waals surface area contributed by atoms with Gasteiger partial charge in [0.1, 0.15) is 6.04 Å². The van der Waals surface area contributed by atoms with Crippen molar-refractivity contribution in [2.45, 2.75) is 31.7 Å². The number of carbonyl (C=O) groups is 1. The Labute approximate surface area is 102 Å². The fourth-order valence-electron chi connectivity index (χ4n) is 1.97. The standard InChI is InChI=1S/C10H19NO5S/c1-16-7-2-3-8-17(14,15)11-6-4-5-9(11)10(12)13/h9H,2-8H2,1H3,(H,12,13)/t9-/m0/s1. The molecule has 0 unspecified atom stereocenters. The SMILES string of the molecule is COCCCCS(=O)(=O)N1CCC[C@H]1C(=O)O. The van der Waals surface area contributed by atoms with E-state index in [0.29, 0.717) is 38.8 Å². The summed E-state index contributed by atoms with van der Waals surface area (Å²) in [5, 5.41) is 8.93. The largest absolute Gasteiger partial charge is 0.480 e. The second-order valence-electron chi connectivity index (χ2n) is 4.12. The number of hydrogen-bond acceptors (Lipinski definition) is 4. The lowest BCUT2D eigenvalue weighted by Gasteiger charge is -2.20. The van der Waals surface area contributed by atoms with Crippen molar-refractivity contribution in [3.8, 4) is 0 Å². The molecule has 0 aromatic carbocycles. The van der Waals surface area contributed by atoms with Gasteiger partial charge in [-0.1, -0.05) is 0 Å². The minimum Gasteiger partial charge on any atom is -0.480 e. The van der Waals surface area contributed by atoms with Gasteiger partial charge in [-0.2, -0.15) is 4.31 Å². The molecule has 1 atom stereocenters. The van der Waals surface area contributed by atoms with E-state index in [1.165, 1.54) is 0 Å². The molecule has 1 aliphatic rings. The van der Waals surface area contributed by atoms with Gasteiger partial charge < -0.3 is 9.84 Å². The summed E-state index contributed by atoms with van der Waals surface area (Å²) in [5.41, 5.74) is 0. The quantitative estimate of drug-likeness (QED) is 0.669. The van der Waals surface area contributed by atoms with Gasteiger partial charge in [-0.3, -0.25) is 4.79 Å². The average Bonchev–Trinajstić information content (AvgIpc) is 2.74. The van der Waals surface area contributed by atoms with Crippen LogP contribution in [-0.2, 0) is 19.6 Å². The Morgan fingerprint density at radius 2 is 2.18 bits per heavy atom. The van der Waals surface area contributed by atoms with E-state index in [1.807, 2.05) is 0 Å². The summed E-state index contributed by atoms with van der Waals surface area (Å²) in [4.78, 5) is 10.9. The molecular formula is C10H19NO5S. The van der Waals surface area contributed by atoms with Crippen LogP contribution in [-0.4, -0.2) is 55.9 Å². The van der Waals surface area contributed by atoms with Crippen LogP contribution >= 0.6 is 0 Å². The molecule has 17 heavy (non-hydrogen) atoms. The van der Waals surface area contributed by atoms with Gasteiger partial charge in [-0.05, 0) is 25.7 Å². The van der Waals surface area contributed by atoms with Crippen LogP contribution < -0.4 is 0 Å². The van der Waals surface area contributed by atoms with Gasteiger partial charge >= 0.3 is 5.97 Å². The molecule has 1 aliphatic heterocycles. The summed E-state index contributed by atoms with van der Waals surface area (Å²) in [7, 11) is -1.87. The topological polar surface area (TPSA) is 83.9 Å². The highest BCUT2D eigenvalue weighted by Gasteiger charge is 2.37. The van der Waals surface area contributed by atoms with Crippen LogP contribution in [0.25, 0.3) is 0 Å². The van der Waals surface area contributed by atoms with E-state index in [-0.39, 0.29) is 5.75 Å². The molecular weight excluding hydrogens is 246 g/mol. The van der Waals surface area contributed by atoms with Crippen LogP contribution in [0, 0.1) is 0 Å². The maximum atomic E-state index is 11.9. The van der Waals surface area contributed by atoms with Crippen molar-refractivity contribution in [1.82, 2.24) is 4.31 Å². The number of sulfonamides is 1. The molecule has 0 aromatic heterocycles. The highest BCUT2D eigenvalue weighted by Crippen LogP contribution is 2.22. The molecule has 0 spiro atoms. The fourth-order valence-corrected chi connectivity index (χ4v) is 3.76. The number of rotatable bonds is 7. The van der Waals surface area contributed by atoms with Gasteiger partial charge in [0, 0.05) is 20.3 Å². The average molecular weight is 265 g/mol. The van der Waals surface area contributed by atoms with Gasteiger partial charge in [0.2, 0.25) is 10.0 Å². The third-order valence-corrected chi connectivity index (χ3v) is 4.80. The monoisotopic (exact) mass is 265 g/mol. The molecule has 0 aliphatic carbocycles. The number of unbranched alkanes of at least 4 members (excludes halogenated alkanes) is 1. The molecule has 0 radical (unpaired) electrons. The maximum absolute atomic E-state index is 11.9. The van der Waals surface area contributed by atoms with Crippen LogP contribution in [0.5, 0.6) is 0 Å². The number of hydrogen-bond donors (Lipinski definition) is 1. The predicted octanol–water partition coefficient (Wildman–Crippen LogP) is 0.292. The maximum Gasteiger partial charge on any atom is 0.322 e. The van der Waals surface area contributed by atoms with Gasteiger partial charge in [0.15, 0.2) is 0 Å². The second-order valence-corrected chi connectivity index (χ2v) is 6.16. The number of aliphatic carboxylic acids is 1. The molecule has 7 heteroatoms. The van der Waals surface area contributed by atoms with Gasteiger partial charge in [0.25, 0.3) is 0 Å². The first-order valence-electron chi connectivity index (χ1n) is 5.70. The first kappa shape index (κ1) is 14.4. The van der Waals surface area contributed by atoms with E-state index in [9.17, 15) is 13.2 Å². The summed E-state index contributed by atoms with van der Waals surface area (Å²) in [6.07, 6.45) is 2.20. The lowest BCUT2D eigenvalue weighted by molar-refractivity contribution is -0.140. The molecule has 100 valence electrons. The second kappa shape index (κ2) is 6.32. The Hall–Kier alpha value is -0.660. The van der Waals surface area contributed by atoms with E-state index in [0.717, 1.165) is 4.31 Å². The number of carboxylic acids is 1. The lowest BCUT2D eigenvalue weighted by atomic mass is 10.2. The van der Waals surface area contributed by atoms with Crippen molar-refractivity contribution in [2.24, 2.45) is 0 Å². The Balaban J connectivity index is 2.54. The van der Waals surface area contributed by atoms with Crippen LogP contribution in [0.4, 0.5) is 0 Å². The van der Waals surface area contributed by atoms with Gasteiger partial charge in [-0.15, -0.1) is 0 Å². The van der Waals surface area contributed by atoms with Gasteiger partial charge in [0.05, 0.1) is 5.75 Å². The fraction of sp³-hybridized carbons (Fsp3) is 0.900. The highest BCUT2D eigenvalue weighted by atomic mass is 32.2. The Morgan fingerprint density at radius 3 is 2.76 bits per heavy atom. The molecule has 0 bridgehead atoms. The van der Waals surface area contributed by atoms with Crippen molar-refractivity contribution >= 4 is 16.0 Å². The van der Waals surface area contributed by atoms with Crippen molar-refractivity contribution in [3.63, 3.8) is 0 Å². The zero-order valence-electron chi connectivity index (χ0n) is 9.96. The number of methoxy groups -OCH3 is 1. The van der Waals surface area contributed by atoms with Crippen LogP contribution in [0.3, 0.4) is 0 Å². The summed E-state index contributed by atoms with van der Waals surface area (Å²) in [5.74, 6) is -1.05. The normalized spacial score (nSPS) is 21.8. The third kappa shape index (κ3) is 3.93. The molecule has 0 amide bonds. The summed E-state index contributed by atoms with van der Waals surface area (Å²) in [6, 6.07) is -0.873. The van der Waals surface area contributed by atoms with E-state index in [2.05, 4.69) is 0 Å². The van der Waals surface area contributed by atoms with Crippen molar-refractivity contribution < 1.29 is 23.1 Å². The molecule has 6 nitrogen and oxygen atoms in total. The van der Waals surface area contributed by atoms with Gasteiger partial charge in [-0.25, -0.2) is 8.42 Å². The molecule has 1 heterocycles. The Kier molecular flexibility index (Phi) is 5.35. The van der Waals surface area contributed by atoms with E-state index in [1.54, 1.807) is 7.11 Å². The lowest BCUT2D eigenvalue weighted by Crippen LogP contribution is -2.41. The summed E-state index contributed by atoms with van der Waals surface area (Å²) >= 11 is 0. The first-order valence-corrected chi connectivity index (χ1v) is 7.31. The first-order chi connectivity index (χ1) is 7.99. The number of carboxylic acid groups (broad SMARTS) is 1. The summed E-state index contributed by atoms with van der Waals surface area (Å²) < 4.78 is 29.8. The number of ether oxygens (including phenoxy) is 1. The minimum absolute atomic E-state index is 0.000139. The zero-order valence-corrected chi connectivity index (χ0v) is 10.8. The predicted molar refractivity (Wildman–Crippen MR) is 62.3 cm³/mol. The van der Waals surface area contributed by atoms with E-state index >= 15 is 0 Å². The van der Waals surface area contributed by atoms with Crippen LogP contribution in [0.2, 0.25) is 0 Å². The van der Waals surface area contributed by atoms with Crippen molar-refractivity contribution in [3.05, 3.63) is 0 Å². The summed E-state index contributed by atoms with van der Waals surface area (Å²) in [6.45, 7) is 0.849. The van der Waals surface area contributed by atoms with Crippen LogP contribution in [0.15, 0.2) is 0 Å². The van der Waals surface area contributed by atoms with Crippen LogP contribution in [0.1, 0.15) is 25.7 Å². The molecule has 1 rings (SSSR count). The van der Waals surface area contributed by atoms with E-state index < -0.39 is 22.0 Å². The molecule has 1 fully saturated rings. The molecule has 1 N–H and O–H groups in total. The van der Waals surface area contributed by atoms with E-state index in [4.69, 9.17) is 9.84 Å². The molecule has 0 aromatic rings. The Bertz CT molecular complexity index is 354. The molecule has 0 saturated carbocycles. The Morgan fingerprint density at radius 1 is 1.47 bits per heavy atom. The smallest absolute Gasteiger partial charge is 0.322 e. The minimum atomic E-state index is -3.44. The zero-order chi connectivity index (χ0) is 12.9. The molecule has 1 saturated heterocycles. The third-order valence-electron chi connectivity index (χ3n) is 2.85. The van der Waals surface area contributed by atoms with Crippen molar-refractivity contribution in [1.29, 1.82) is 0 Å². The highest BCUT2D eigenvalue weighted by molar-refractivity contribution is 7.89. The number of nitrogens with zero attached hydrogens (tertiary/aromatic N) is 1.